The maximum Gasteiger partial charge on any atom is 0.255 e. The van der Waals surface area contributed by atoms with Crippen LogP contribution in [-0.2, 0) is 0 Å². The van der Waals surface area contributed by atoms with Crippen molar-refractivity contribution in [2.75, 3.05) is 13.1 Å². The third-order valence-electron chi connectivity index (χ3n) is 3.88. The maximum atomic E-state index is 12.4. The van der Waals surface area contributed by atoms with Gasteiger partial charge in [0, 0.05) is 36.3 Å². The summed E-state index contributed by atoms with van der Waals surface area (Å²) in [5.74, 6) is -0.0882. The largest absolute Gasteiger partial charge is 0.349 e. The van der Waals surface area contributed by atoms with E-state index in [0.29, 0.717) is 29.4 Å². The number of carbonyl (C=O) groups excluding carboxylic acids is 2. The molecule has 1 fully saturated rings. The van der Waals surface area contributed by atoms with Crippen LogP contribution in [0, 0.1) is 0 Å². The molecule has 23 heavy (non-hydrogen) atoms. The molecule has 0 saturated carbocycles. The summed E-state index contributed by atoms with van der Waals surface area (Å²) in [6.45, 7) is 1.24. The lowest BCUT2D eigenvalue weighted by Gasteiger charge is -2.32. The molecule has 0 bridgehead atoms. The summed E-state index contributed by atoms with van der Waals surface area (Å²) in [6.07, 6.45) is 3.00. The lowest BCUT2D eigenvalue weighted by atomic mass is 10.0. The number of likely N-dealkylation sites (tertiary alicyclic amines) is 1. The molecule has 3 heterocycles. The first-order valence-corrected chi connectivity index (χ1v) is 8.69. The van der Waals surface area contributed by atoms with Gasteiger partial charge < -0.3 is 10.2 Å². The average molecular weight is 350 g/mol. The molecule has 5 nitrogen and oxygen atoms in total. The SMILES string of the molecule is O=C(NC1CCN(C(=O)c2ccc(Cl)nc2)CC1)c1ccsc1. The fraction of sp³-hybridized carbons (Fsp3) is 0.312. The van der Waals surface area contributed by atoms with Crippen molar-refractivity contribution in [1.29, 1.82) is 0 Å². The summed E-state index contributed by atoms with van der Waals surface area (Å²) in [4.78, 5) is 30.2. The van der Waals surface area contributed by atoms with E-state index < -0.39 is 0 Å². The van der Waals surface area contributed by atoms with E-state index in [1.54, 1.807) is 17.0 Å². The second-order valence-corrected chi connectivity index (χ2v) is 6.59. The minimum Gasteiger partial charge on any atom is -0.349 e. The Hall–Kier alpha value is -1.92. The average Bonchev–Trinajstić information content (AvgIpc) is 3.10. The lowest BCUT2D eigenvalue weighted by molar-refractivity contribution is 0.0697. The highest BCUT2D eigenvalue weighted by Crippen LogP contribution is 2.16. The number of hydrogen-bond acceptors (Lipinski definition) is 4. The molecule has 0 unspecified atom stereocenters. The number of rotatable bonds is 3. The summed E-state index contributed by atoms with van der Waals surface area (Å²) >= 11 is 7.24. The fourth-order valence-corrected chi connectivity index (χ4v) is 3.32. The van der Waals surface area contributed by atoms with E-state index in [4.69, 9.17) is 11.6 Å². The van der Waals surface area contributed by atoms with Gasteiger partial charge in [-0.2, -0.15) is 11.3 Å². The van der Waals surface area contributed by atoms with Gasteiger partial charge in [0.2, 0.25) is 0 Å². The Labute approximate surface area is 143 Å². The lowest BCUT2D eigenvalue weighted by Crippen LogP contribution is -2.46. The number of halogens is 1. The molecule has 2 aromatic heterocycles. The molecule has 1 N–H and O–H groups in total. The first-order chi connectivity index (χ1) is 11.1. The molecule has 0 aliphatic carbocycles. The highest BCUT2D eigenvalue weighted by molar-refractivity contribution is 7.08. The van der Waals surface area contributed by atoms with Crippen molar-refractivity contribution in [1.82, 2.24) is 15.2 Å². The van der Waals surface area contributed by atoms with E-state index in [-0.39, 0.29) is 17.9 Å². The van der Waals surface area contributed by atoms with Gasteiger partial charge in [0.05, 0.1) is 5.56 Å². The van der Waals surface area contributed by atoms with Crippen molar-refractivity contribution in [2.24, 2.45) is 0 Å². The number of nitrogens with zero attached hydrogens (tertiary/aromatic N) is 2. The summed E-state index contributed by atoms with van der Waals surface area (Å²) in [5.41, 5.74) is 1.23. The van der Waals surface area contributed by atoms with Gasteiger partial charge in [-0.05, 0) is 36.4 Å². The molecule has 1 saturated heterocycles. The van der Waals surface area contributed by atoms with Crippen molar-refractivity contribution in [3.8, 4) is 0 Å². The van der Waals surface area contributed by atoms with Crippen LogP contribution in [0.25, 0.3) is 0 Å². The summed E-state index contributed by atoms with van der Waals surface area (Å²) in [7, 11) is 0. The summed E-state index contributed by atoms with van der Waals surface area (Å²) < 4.78 is 0. The Morgan fingerprint density at radius 2 is 2.00 bits per heavy atom. The zero-order valence-corrected chi connectivity index (χ0v) is 13.9. The quantitative estimate of drug-likeness (QED) is 0.867. The molecule has 0 atom stereocenters. The number of hydrogen-bond donors (Lipinski definition) is 1. The van der Waals surface area contributed by atoms with E-state index in [9.17, 15) is 9.59 Å². The van der Waals surface area contributed by atoms with Crippen molar-refractivity contribution in [3.63, 3.8) is 0 Å². The molecule has 120 valence electrons. The Kier molecular flexibility index (Phi) is 4.93. The van der Waals surface area contributed by atoms with Crippen molar-refractivity contribution in [3.05, 3.63) is 51.4 Å². The molecule has 0 aromatic carbocycles. The van der Waals surface area contributed by atoms with Gasteiger partial charge in [-0.15, -0.1) is 0 Å². The van der Waals surface area contributed by atoms with Crippen LogP contribution < -0.4 is 5.32 Å². The van der Waals surface area contributed by atoms with Crippen molar-refractivity contribution < 1.29 is 9.59 Å². The first-order valence-electron chi connectivity index (χ1n) is 7.37. The van der Waals surface area contributed by atoms with E-state index in [2.05, 4.69) is 10.3 Å². The minimum atomic E-state index is -0.0447. The predicted molar refractivity (Wildman–Crippen MR) is 90.0 cm³/mol. The van der Waals surface area contributed by atoms with Crippen LogP contribution >= 0.6 is 22.9 Å². The van der Waals surface area contributed by atoms with Gasteiger partial charge in [0.25, 0.3) is 11.8 Å². The van der Waals surface area contributed by atoms with Gasteiger partial charge in [-0.25, -0.2) is 4.98 Å². The number of thiophene rings is 1. The number of pyridine rings is 1. The number of amides is 2. The van der Waals surface area contributed by atoms with Gasteiger partial charge in [0.15, 0.2) is 0 Å². The monoisotopic (exact) mass is 349 g/mol. The molecular weight excluding hydrogens is 334 g/mol. The normalized spacial score (nSPS) is 15.4. The number of carbonyl (C=O) groups is 2. The van der Waals surface area contributed by atoms with Gasteiger partial charge in [0.1, 0.15) is 5.15 Å². The molecule has 2 aromatic rings. The topological polar surface area (TPSA) is 62.3 Å². The summed E-state index contributed by atoms with van der Waals surface area (Å²) in [5, 5.41) is 7.12. The van der Waals surface area contributed by atoms with Crippen LogP contribution in [0.15, 0.2) is 35.2 Å². The molecule has 1 aliphatic rings. The Balaban J connectivity index is 1.53. The molecule has 0 spiro atoms. The molecule has 7 heteroatoms. The zero-order valence-electron chi connectivity index (χ0n) is 12.4. The minimum absolute atomic E-state index is 0.0436. The zero-order chi connectivity index (χ0) is 16.2. The fourth-order valence-electron chi connectivity index (χ4n) is 2.57. The van der Waals surface area contributed by atoms with Crippen molar-refractivity contribution in [2.45, 2.75) is 18.9 Å². The van der Waals surface area contributed by atoms with Crippen LogP contribution in [0.3, 0.4) is 0 Å². The Morgan fingerprint density at radius 3 is 2.61 bits per heavy atom. The molecule has 1 aliphatic heterocycles. The van der Waals surface area contributed by atoms with E-state index in [1.165, 1.54) is 17.5 Å². The Bertz CT molecular complexity index is 680. The van der Waals surface area contributed by atoms with Crippen LogP contribution in [0.1, 0.15) is 33.6 Å². The second-order valence-electron chi connectivity index (χ2n) is 5.42. The van der Waals surface area contributed by atoms with E-state index in [0.717, 1.165) is 12.8 Å². The van der Waals surface area contributed by atoms with Crippen LogP contribution in [0.2, 0.25) is 5.15 Å². The molecular formula is C16H16ClN3O2S. The summed E-state index contributed by atoms with van der Waals surface area (Å²) in [6, 6.07) is 5.21. The number of nitrogens with one attached hydrogen (secondary N) is 1. The van der Waals surface area contributed by atoms with Gasteiger partial charge in [-0.3, -0.25) is 9.59 Å². The standard InChI is InChI=1S/C16H16ClN3O2S/c17-14-2-1-11(9-18-14)16(22)20-6-3-13(4-7-20)19-15(21)12-5-8-23-10-12/h1-2,5,8-10,13H,3-4,6-7H2,(H,19,21). The Morgan fingerprint density at radius 1 is 1.22 bits per heavy atom. The van der Waals surface area contributed by atoms with Crippen LogP contribution in [0.4, 0.5) is 0 Å². The highest BCUT2D eigenvalue weighted by atomic mass is 35.5. The van der Waals surface area contributed by atoms with Crippen LogP contribution in [-0.4, -0.2) is 40.8 Å². The molecule has 0 radical (unpaired) electrons. The molecule has 3 rings (SSSR count). The number of piperidine rings is 1. The third kappa shape index (κ3) is 3.89. The third-order valence-corrected chi connectivity index (χ3v) is 4.78. The smallest absolute Gasteiger partial charge is 0.255 e. The van der Waals surface area contributed by atoms with Gasteiger partial charge in [-0.1, -0.05) is 11.6 Å². The maximum absolute atomic E-state index is 12.4. The number of aromatic nitrogens is 1. The second kappa shape index (κ2) is 7.10. The van der Waals surface area contributed by atoms with Gasteiger partial charge >= 0.3 is 0 Å². The van der Waals surface area contributed by atoms with Crippen LogP contribution in [0.5, 0.6) is 0 Å². The molecule has 2 amide bonds. The van der Waals surface area contributed by atoms with Crippen molar-refractivity contribution >= 4 is 34.8 Å². The highest BCUT2D eigenvalue weighted by Gasteiger charge is 2.25. The van der Waals surface area contributed by atoms with E-state index in [1.807, 2.05) is 16.8 Å². The van der Waals surface area contributed by atoms with E-state index >= 15 is 0 Å². The first kappa shape index (κ1) is 16.0. The predicted octanol–water partition coefficient (Wildman–Crippen LogP) is 2.83.